The smallest absolute Gasteiger partial charge is 0.124 e. The predicted molar refractivity (Wildman–Crippen MR) is 54.9 cm³/mol. The van der Waals surface area contributed by atoms with E-state index < -0.39 is 11.3 Å². The molecular weight excluding hydrogens is 308 g/mol. The lowest BCUT2D eigenvalue weighted by atomic mass is 10.2. The molecule has 0 aliphatic carbocycles. The summed E-state index contributed by atoms with van der Waals surface area (Å²) in [6.07, 6.45) is 0. The molecule has 1 unspecified atom stereocenters. The van der Waals surface area contributed by atoms with Crippen LogP contribution in [0.5, 0.6) is 0 Å². The molecule has 1 aromatic carbocycles. The third-order valence-electron chi connectivity index (χ3n) is 1.40. The molecule has 72 valence electrons. The zero-order valence-electron chi connectivity index (χ0n) is 6.42. The summed E-state index contributed by atoms with van der Waals surface area (Å²) in [4.78, 5) is 0. The number of hydrogen-bond donors (Lipinski definition) is 1. The van der Waals surface area contributed by atoms with Gasteiger partial charge in [0, 0.05) is 21.4 Å². The Morgan fingerprint density at radius 1 is 1.62 bits per heavy atom. The molecule has 1 aromatic rings. The van der Waals surface area contributed by atoms with Gasteiger partial charge in [0.2, 0.25) is 0 Å². The summed E-state index contributed by atoms with van der Waals surface area (Å²) < 4.78 is 35.8. The average molecular weight is 314 g/mol. The molecular formula is C7H6FINO2S-. The lowest BCUT2D eigenvalue weighted by molar-refractivity contribution is 0.522. The van der Waals surface area contributed by atoms with E-state index in [0.717, 1.165) is 5.56 Å². The summed E-state index contributed by atoms with van der Waals surface area (Å²) in [5.74, 6) is -0.323. The molecule has 0 fully saturated rings. The summed E-state index contributed by atoms with van der Waals surface area (Å²) in [7, 11) is 0. The van der Waals surface area contributed by atoms with Crippen molar-refractivity contribution < 1.29 is 13.2 Å². The zero-order chi connectivity index (χ0) is 9.84. The van der Waals surface area contributed by atoms with E-state index in [-0.39, 0.29) is 12.4 Å². The summed E-state index contributed by atoms with van der Waals surface area (Å²) in [5, 5.41) is 0. The Balaban J connectivity index is 2.72. The molecule has 6 heteroatoms. The van der Waals surface area contributed by atoms with Crippen LogP contribution in [0.25, 0.3) is 0 Å². The largest absolute Gasteiger partial charge is 0.760 e. The normalized spacial score (nSPS) is 12.8. The van der Waals surface area contributed by atoms with E-state index in [2.05, 4.69) is 4.72 Å². The Bertz CT molecular complexity index is 334. The van der Waals surface area contributed by atoms with Crippen LogP contribution in [0.3, 0.4) is 0 Å². The van der Waals surface area contributed by atoms with Crippen LogP contribution in [-0.4, -0.2) is 8.76 Å². The maximum absolute atomic E-state index is 12.6. The highest BCUT2D eigenvalue weighted by atomic mass is 127. The van der Waals surface area contributed by atoms with Gasteiger partial charge < -0.3 is 4.55 Å². The fourth-order valence-corrected chi connectivity index (χ4v) is 1.74. The third-order valence-corrected chi connectivity index (χ3v) is 2.78. The van der Waals surface area contributed by atoms with Crippen molar-refractivity contribution >= 4 is 33.9 Å². The predicted octanol–water partition coefficient (Wildman–Crippen LogP) is 1.31. The monoisotopic (exact) mass is 314 g/mol. The first kappa shape index (κ1) is 11.0. The molecule has 0 aromatic heterocycles. The Morgan fingerprint density at radius 2 is 2.31 bits per heavy atom. The highest BCUT2D eigenvalue weighted by Gasteiger charge is 2.00. The quantitative estimate of drug-likeness (QED) is 0.676. The molecule has 1 N–H and O–H groups in total. The van der Waals surface area contributed by atoms with Gasteiger partial charge in [0.15, 0.2) is 0 Å². The first-order valence-electron chi connectivity index (χ1n) is 3.36. The van der Waals surface area contributed by atoms with Crippen molar-refractivity contribution in [1.29, 1.82) is 0 Å². The van der Waals surface area contributed by atoms with Gasteiger partial charge in [-0.25, -0.2) is 9.11 Å². The molecule has 0 aliphatic rings. The lowest BCUT2D eigenvalue weighted by Gasteiger charge is -2.08. The SMILES string of the molecule is O=S([O-])NCc1ccc(F)cc1I. The topological polar surface area (TPSA) is 52.2 Å². The van der Waals surface area contributed by atoms with Crippen LogP contribution < -0.4 is 4.72 Å². The van der Waals surface area contributed by atoms with Gasteiger partial charge in [0.25, 0.3) is 0 Å². The summed E-state index contributed by atoms with van der Waals surface area (Å²) in [5.41, 5.74) is 0.756. The molecule has 0 amide bonds. The second-order valence-corrected chi connectivity index (χ2v) is 4.21. The fraction of sp³-hybridized carbons (Fsp3) is 0.143. The van der Waals surface area contributed by atoms with Gasteiger partial charge in [-0.05, 0) is 40.3 Å². The van der Waals surface area contributed by atoms with Crippen LogP contribution in [-0.2, 0) is 17.8 Å². The molecule has 0 aliphatic heterocycles. The molecule has 0 saturated carbocycles. The van der Waals surface area contributed by atoms with E-state index in [0.29, 0.717) is 3.57 Å². The first-order valence-corrected chi connectivity index (χ1v) is 5.51. The van der Waals surface area contributed by atoms with Crippen molar-refractivity contribution in [2.24, 2.45) is 0 Å². The van der Waals surface area contributed by atoms with Crippen molar-refractivity contribution in [2.75, 3.05) is 0 Å². The molecule has 0 heterocycles. The lowest BCUT2D eigenvalue weighted by Crippen LogP contribution is -2.16. The molecule has 0 radical (unpaired) electrons. The van der Waals surface area contributed by atoms with Crippen LogP contribution in [0.4, 0.5) is 4.39 Å². The molecule has 0 saturated heterocycles. The van der Waals surface area contributed by atoms with E-state index in [4.69, 9.17) is 0 Å². The standard InChI is InChI=1S/C7H7FINO2S/c8-6-2-1-5(7(9)3-6)4-10-13(11)12/h1-3,10H,4H2,(H,11,12)/p-1. The van der Waals surface area contributed by atoms with Gasteiger partial charge in [-0.2, -0.15) is 0 Å². The highest BCUT2D eigenvalue weighted by Crippen LogP contribution is 2.13. The Kier molecular flexibility index (Phi) is 4.23. The van der Waals surface area contributed by atoms with E-state index in [9.17, 15) is 13.2 Å². The van der Waals surface area contributed by atoms with E-state index in [1.807, 2.05) is 22.6 Å². The number of halogens is 2. The molecule has 0 spiro atoms. The second kappa shape index (κ2) is 4.99. The van der Waals surface area contributed by atoms with Gasteiger partial charge in [-0.1, -0.05) is 6.07 Å². The van der Waals surface area contributed by atoms with Gasteiger partial charge in [-0.3, -0.25) is 4.21 Å². The van der Waals surface area contributed by atoms with Gasteiger partial charge >= 0.3 is 0 Å². The highest BCUT2D eigenvalue weighted by molar-refractivity contribution is 14.1. The number of benzene rings is 1. The minimum atomic E-state index is -2.28. The van der Waals surface area contributed by atoms with Crippen LogP contribution >= 0.6 is 22.6 Å². The Labute approximate surface area is 91.3 Å². The van der Waals surface area contributed by atoms with E-state index in [1.165, 1.54) is 12.1 Å². The van der Waals surface area contributed by atoms with Crippen LogP contribution in [0.2, 0.25) is 0 Å². The number of nitrogens with one attached hydrogen (secondary N) is 1. The van der Waals surface area contributed by atoms with E-state index in [1.54, 1.807) is 6.07 Å². The molecule has 1 atom stereocenters. The molecule has 1 rings (SSSR count). The van der Waals surface area contributed by atoms with Crippen molar-refractivity contribution in [3.05, 3.63) is 33.1 Å². The van der Waals surface area contributed by atoms with Crippen LogP contribution in [0, 0.1) is 9.39 Å². The summed E-state index contributed by atoms with van der Waals surface area (Å²) in [6, 6.07) is 4.20. The minimum Gasteiger partial charge on any atom is -0.760 e. The average Bonchev–Trinajstić information content (AvgIpc) is 2.02. The van der Waals surface area contributed by atoms with Crippen LogP contribution in [0.15, 0.2) is 18.2 Å². The third kappa shape index (κ3) is 3.67. The number of rotatable bonds is 3. The van der Waals surface area contributed by atoms with Crippen molar-refractivity contribution in [3.8, 4) is 0 Å². The van der Waals surface area contributed by atoms with Gasteiger partial charge in [-0.15, -0.1) is 0 Å². The molecule has 13 heavy (non-hydrogen) atoms. The molecule has 3 nitrogen and oxygen atoms in total. The Hall–Kier alpha value is -0.0500. The van der Waals surface area contributed by atoms with Crippen LogP contribution in [0.1, 0.15) is 5.56 Å². The van der Waals surface area contributed by atoms with E-state index >= 15 is 0 Å². The first-order chi connectivity index (χ1) is 6.09. The van der Waals surface area contributed by atoms with Gasteiger partial charge in [0.05, 0.1) is 0 Å². The maximum Gasteiger partial charge on any atom is 0.124 e. The van der Waals surface area contributed by atoms with Crippen molar-refractivity contribution in [2.45, 2.75) is 6.54 Å². The number of hydrogen-bond acceptors (Lipinski definition) is 2. The maximum atomic E-state index is 12.6. The van der Waals surface area contributed by atoms with Gasteiger partial charge in [0.1, 0.15) is 5.82 Å². The minimum absolute atomic E-state index is 0.189. The molecule has 0 bridgehead atoms. The summed E-state index contributed by atoms with van der Waals surface area (Å²) in [6.45, 7) is 0.189. The van der Waals surface area contributed by atoms with Crippen molar-refractivity contribution in [1.82, 2.24) is 4.72 Å². The zero-order valence-corrected chi connectivity index (χ0v) is 9.39. The fourth-order valence-electron chi connectivity index (χ4n) is 0.802. The Morgan fingerprint density at radius 3 is 2.85 bits per heavy atom. The summed E-state index contributed by atoms with van der Waals surface area (Å²) >= 11 is -0.325. The van der Waals surface area contributed by atoms with Crippen molar-refractivity contribution in [3.63, 3.8) is 0 Å². The second-order valence-electron chi connectivity index (χ2n) is 2.29.